The van der Waals surface area contributed by atoms with E-state index in [2.05, 4.69) is 61.7 Å². The van der Waals surface area contributed by atoms with Crippen LogP contribution in [0.4, 0.5) is 0 Å². The minimum atomic E-state index is -0.458. The number of carbonyl (C=O) groups is 1. The van der Waals surface area contributed by atoms with Gasteiger partial charge in [0.05, 0.1) is 6.61 Å². The van der Waals surface area contributed by atoms with Crippen LogP contribution < -0.4 is 0 Å². The lowest BCUT2D eigenvalue weighted by Gasteiger charge is -2.37. The molecule has 1 heterocycles. The molecule has 4 nitrogen and oxygen atoms in total. The summed E-state index contributed by atoms with van der Waals surface area (Å²) in [5, 5.41) is 0. The van der Waals surface area contributed by atoms with Crippen molar-refractivity contribution in [3.05, 3.63) is 47.6 Å². The number of esters is 1. The molecule has 0 saturated heterocycles. The summed E-state index contributed by atoms with van der Waals surface area (Å²) in [7, 11) is 0. The highest BCUT2D eigenvalue weighted by atomic mass is 16.5. The van der Waals surface area contributed by atoms with E-state index in [0.29, 0.717) is 12.4 Å². The van der Waals surface area contributed by atoms with Gasteiger partial charge in [-0.25, -0.2) is 14.8 Å². The number of nitrogens with zero attached hydrogens (tertiary/aromatic N) is 2. The fraction of sp³-hybridized carbons (Fsp3) is 0.476. The predicted octanol–water partition coefficient (Wildman–Crippen LogP) is 4.33. The Labute approximate surface area is 150 Å². The summed E-state index contributed by atoms with van der Waals surface area (Å²) in [5.74, 6) is 5.69. The summed E-state index contributed by atoms with van der Waals surface area (Å²) in [5.41, 5.74) is 1.91. The Hall–Kier alpha value is -2.41. The van der Waals surface area contributed by atoms with Crippen LogP contribution in [-0.2, 0) is 4.74 Å². The highest BCUT2D eigenvalue weighted by molar-refractivity contribution is 5.87. The molecule has 1 aromatic heterocycles. The monoisotopic (exact) mass is 338 g/mol. The highest BCUT2D eigenvalue weighted by Gasteiger charge is 2.31. The molecule has 1 aliphatic carbocycles. The lowest BCUT2D eigenvalue weighted by atomic mass is 9.67. The van der Waals surface area contributed by atoms with Crippen LogP contribution in [0, 0.1) is 22.7 Å². The molecular formula is C21H26N2O2. The molecule has 0 radical (unpaired) electrons. The van der Waals surface area contributed by atoms with Gasteiger partial charge in [-0.1, -0.05) is 45.8 Å². The van der Waals surface area contributed by atoms with Gasteiger partial charge in [0.25, 0.3) is 0 Å². The standard InChI is InChI=1S/C21H26N2O2/c1-6-25-19(24)17-11-14-22-18(23-17)10-8-7-9-16-15-20(2,3)12-13-21(16,4)5/h7,9,11,14-15H,6,12-13H2,1-5H3. The molecule has 132 valence electrons. The van der Waals surface area contributed by atoms with Crippen LogP contribution >= 0.6 is 0 Å². The van der Waals surface area contributed by atoms with E-state index in [-0.39, 0.29) is 16.5 Å². The lowest BCUT2D eigenvalue weighted by molar-refractivity contribution is 0.0519. The van der Waals surface area contributed by atoms with E-state index in [1.807, 2.05) is 6.08 Å². The first-order chi connectivity index (χ1) is 11.7. The van der Waals surface area contributed by atoms with Crippen molar-refractivity contribution >= 4 is 5.97 Å². The van der Waals surface area contributed by atoms with Crippen molar-refractivity contribution < 1.29 is 9.53 Å². The van der Waals surface area contributed by atoms with Crippen LogP contribution in [0.15, 0.2) is 36.1 Å². The molecule has 25 heavy (non-hydrogen) atoms. The Kier molecular flexibility index (Phi) is 5.79. The van der Waals surface area contributed by atoms with Crippen molar-refractivity contribution in [2.24, 2.45) is 10.8 Å². The number of hydrogen-bond acceptors (Lipinski definition) is 4. The van der Waals surface area contributed by atoms with Crippen LogP contribution in [0.1, 0.15) is 63.8 Å². The second kappa shape index (κ2) is 7.65. The lowest BCUT2D eigenvalue weighted by Crippen LogP contribution is -2.25. The van der Waals surface area contributed by atoms with Gasteiger partial charge in [-0.3, -0.25) is 0 Å². The number of rotatable bonds is 3. The van der Waals surface area contributed by atoms with Crippen LogP contribution in [0.2, 0.25) is 0 Å². The van der Waals surface area contributed by atoms with E-state index in [1.54, 1.807) is 6.92 Å². The molecular weight excluding hydrogens is 312 g/mol. The zero-order valence-electron chi connectivity index (χ0n) is 15.7. The quantitative estimate of drug-likeness (QED) is 0.608. The van der Waals surface area contributed by atoms with E-state index < -0.39 is 5.97 Å². The second-order valence-electron chi connectivity index (χ2n) is 7.56. The number of allylic oxidation sites excluding steroid dienone is 4. The topological polar surface area (TPSA) is 52.1 Å². The van der Waals surface area contributed by atoms with Gasteiger partial charge < -0.3 is 4.74 Å². The summed E-state index contributed by atoms with van der Waals surface area (Å²) >= 11 is 0. The Morgan fingerprint density at radius 3 is 2.80 bits per heavy atom. The van der Waals surface area contributed by atoms with Gasteiger partial charge in [0, 0.05) is 6.20 Å². The van der Waals surface area contributed by atoms with Gasteiger partial charge in [-0.05, 0) is 54.2 Å². The molecule has 0 fully saturated rings. The molecule has 0 spiro atoms. The maximum absolute atomic E-state index is 11.7. The average Bonchev–Trinajstić information content (AvgIpc) is 2.55. The zero-order valence-corrected chi connectivity index (χ0v) is 15.7. The molecule has 0 aliphatic heterocycles. The van der Waals surface area contributed by atoms with Crippen LogP contribution in [0.25, 0.3) is 0 Å². The van der Waals surface area contributed by atoms with Crippen molar-refractivity contribution in [3.63, 3.8) is 0 Å². The molecule has 0 amide bonds. The highest BCUT2D eigenvalue weighted by Crippen LogP contribution is 2.44. The Morgan fingerprint density at radius 2 is 2.08 bits per heavy atom. The average molecular weight is 338 g/mol. The maximum atomic E-state index is 11.7. The Bertz CT molecular complexity index is 762. The van der Waals surface area contributed by atoms with E-state index in [0.717, 1.165) is 6.42 Å². The van der Waals surface area contributed by atoms with Crippen molar-refractivity contribution in [3.8, 4) is 11.8 Å². The first-order valence-corrected chi connectivity index (χ1v) is 8.65. The summed E-state index contributed by atoms with van der Waals surface area (Å²) in [6.45, 7) is 11.1. The normalized spacial score (nSPS) is 18.2. The molecule has 1 aromatic rings. The van der Waals surface area contributed by atoms with Crippen molar-refractivity contribution in [2.45, 2.75) is 47.5 Å². The van der Waals surface area contributed by atoms with Crippen molar-refractivity contribution in [1.29, 1.82) is 0 Å². The van der Waals surface area contributed by atoms with E-state index in [1.165, 1.54) is 24.3 Å². The summed E-state index contributed by atoms with van der Waals surface area (Å²) < 4.78 is 4.93. The van der Waals surface area contributed by atoms with Crippen molar-refractivity contribution in [2.75, 3.05) is 6.61 Å². The first-order valence-electron chi connectivity index (χ1n) is 8.65. The molecule has 0 aromatic carbocycles. The molecule has 0 saturated carbocycles. The van der Waals surface area contributed by atoms with Gasteiger partial charge in [0.15, 0.2) is 5.69 Å². The van der Waals surface area contributed by atoms with Crippen LogP contribution in [-0.4, -0.2) is 22.5 Å². The molecule has 4 heteroatoms. The zero-order chi connectivity index (χ0) is 18.5. The SMILES string of the molecule is CCOC(=O)c1ccnc(C#CC=CC2=CC(C)(C)CCC2(C)C)n1. The number of ether oxygens (including phenoxy) is 1. The van der Waals surface area contributed by atoms with E-state index in [4.69, 9.17) is 4.74 Å². The predicted molar refractivity (Wildman–Crippen MR) is 98.9 cm³/mol. The molecule has 1 aliphatic rings. The fourth-order valence-electron chi connectivity index (χ4n) is 2.72. The Morgan fingerprint density at radius 1 is 1.32 bits per heavy atom. The first kappa shape index (κ1) is 18.9. The molecule has 0 bridgehead atoms. The summed E-state index contributed by atoms with van der Waals surface area (Å²) in [4.78, 5) is 19.9. The molecule has 0 atom stereocenters. The van der Waals surface area contributed by atoms with Crippen LogP contribution in [0.3, 0.4) is 0 Å². The maximum Gasteiger partial charge on any atom is 0.357 e. The molecule has 2 rings (SSSR count). The van der Waals surface area contributed by atoms with Gasteiger partial charge in [-0.2, -0.15) is 0 Å². The second-order valence-corrected chi connectivity index (χ2v) is 7.56. The smallest absolute Gasteiger partial charge is 0.357 e. The summed E-state index contributed by atoms with van der Waals surface area (Å²) in [6, 6.07) is 1.52. The number of hydrogen-bond donors (Lipinski definition) is 0. The third-order valence-corrected chi connectivity index (χ3v) is 4.39. The molecule has 0 N–H and O–H groups in total. The van der Waals surface area contributed by atoms with Crippen LogP contribution in [0.5, 0.6) is 0 Å². The number of aromatic nitrogens is 2. The summed E-state index contributed by atoms with van der Waals surface area (Å²) in [6.07, 6.45) is 10.1. The largest absolute Gasteiger partial charge is 0.461 e. The minimum absolute atomic E-state index is 0.161. The van der Waals surface area contributed by atoms with E-state index >= 15 is 0 Å². The van der Waals surface area contributed by atoms with Gasteiger partial charge >= 0.3 is 5.97 Å². The van der Waals surface area contributed by atoms with Gasteiger partial charge in [0.2, 0.25) is 5.82 Å². The third kappa shape index (κ3) is 5.29. The number of carbonyl (C=O) groups excluding carboxylic acids is 1. The minimum Gasteiger partial charge on any atom is -0.461 e. The van der Waals surface area contributed by atoms with Crippen molar-refractivity contribution in [1.82, 2.24) is 9.97 Å². The molecule has 0 unspecified atom stereocenters. The third-order valence-electron chi connectivity index (χ3n) is 4.39. The Balaban J connectivity index is 2.14. The van der Waals surface area contributed by atoms with Gasteiger partial charge in [0.1, 0.15) is 0 Å². The fourth-order valence-corrected chi connectivity index (χ4v) is 2.72. The van der Waals surface area contributed by atoms with Gasteiger partial charge in [-0.15, -0.1) is 0 Å². The van der Waals surface area contributed by atoms with E-state index in [9.17, 15) is 4.79 Å².